The van der Waals surface area contributed by atoms with Gasteiger partial charge in [0.2, 0.25) is 11.8 Å². The summed E-state index contributed by atoms with van der Waals surface area (Å²) in [6, 6.07) is 19.1. The zero-order chi connectivity index (χ0) is 28.6. The van der Waals surface area contributed by atoms with Crippen molar-refractivity contribution in [2.45, 2.75) is 39.0 Å². The molecular formula is C32H39N7O2. The third-order valence-corrected chi connectivity index (χ3v) is 7.31. The van der Waals surface area contributed by atoms with E-state index in [0.717, 1.165) is 65.8 Å². The van der Waals surface area contributed by atoms with Crippen LogP contribution in [0.4, 0.5) is 28.4 Å². The highest BCUT2D eigenvalue weighted by Crippen LogP contribution is 2.35. The van der Waals surface area contributed by atoms with E-state index >= 15 is 0 Å². The maximum Gasteiger partial charge on any atom is 0.225 e. The van der Waals surface area contributed by atoms with Crippen LogP contribution in [0, 0.1) is 0 Å². The first kappa shape index (κ1) is 28.3. The molecule has 0 spiro atoms. The topological polar surface area (TPSA) is 124 Å². The third kappa shape index (κ3) is 7.50. The van der Waals surface area contributed by atoms with Gasteiger partial charge in [0.05, 0.1) is 16.7 Å². The first-order valence-corrected chi connectivity index (χ1v) is 14.5. The molecule has 4 aromatic rings. The molecule has 2 amide bonds. The lowest BCUT2D eigenvalue weighted by atomic mass is 10.1. The molecule has 41 heavy (non-hydrogen) atoms. The fourth-order valence-corrected chi connectivity index (χ4v) is 5.21. The zero-order valence-corrected chi connectivity index (χ0v) is 23.6. The Balaban J connectivity index is 1.43. The van der Waals surface area contributed by atoms with Crippen LogP contribution in [0.15, 0.2) is 60.7 Å². The zero-order valence-electron chi connectivity index (χ0n) is 23.6. The van der Waals surface area contributed by atoms with Gasteiger partial charge >= 0.3 is 0 Å². The van der Waals surface area contributed by atoms with Crippen molar-refractivity contribution in [3.63, 3.8) is 0 Å². The standard InChI is InChI=1S/C32H39N7O2/c1-2-14-34-15-12-30(40)35-24-8-10-26-28(20-24)38-29-21-25(36-31(41)13-18-39-16-3-4-17-39)9-11-27(29)32(26)37-23-7-5-6-22(33)19-23/h5-11,19-21,34H,2-4,12-18,33H2,1H3,(H,35,40)(H,36,41)(H,37,38). The Labute approximate surface area is 240 Å². The van der Waals surface area contributed by atoms with E-state index in [4.69, 9.17) is 10.7 Å². The van der Waals surface area contributed by atoms with Gasteiger partial charge in [-0.15, -0.1) is 0 Å². The number of rotatable bonds is 12. The predicted molar refractivity (Wildman–Crippen MR) is 169 cm³/mol. The van der Waals surface area contributed by atoms with E-state index in [1.165, 1.54) is 12.8 Å². The van der Waals surface area contributed by atoms with Crippen molar-refractivity contribution in [1.29, 1.82) is 0 Å². The molecule has 5 rings (SSSR count). The van der Waals surface area contributed by atoms with Crippen LogP contribution in [0.2, 0.25) is 0 Å². The number of nitrogen functional groups attached to an aromatic ring is 1. The molecule has 0 radical (unpaired) electrons. The van der Waals surface area contributed by atoms with Crippen LogP contribution in [-0.2, 0) is 9.59 Å². The van der Waals surface area contributed by atoms with Gasteiger partial charge in [0, 0.05) is 59.5 Å². The van der Waals surface area contributed by atoms with E-state index in [1.807, 2.05) is 60.7 Å². The van der Waals surface area contributed by atoms with Crippen molar-refractivity contribution in [2.75, 3.05) is 54.4 Å². The van der Waals surface area contributed by atoms with Crippen LogP contribution in [0.3, 0.4) is 0 Å². The van der Waals surface area contributed by atoms with Crippen molar-refractivity contribution in [2.24, 2.45) is 0 Å². The number of anilines is 5. The number of likely N-dealkylation sites (tertiary alicyclic amines) is 1. The van der Waals surface area contributed by atoms with Crippen LogP contribution in [0.1, 0.15) is 39.0 Å². The molecule has 1 aromatic heterocycles. The van der Waals surface area contributed by atoms with E-state index < -0.39 is 0 Å². The van der Waals surface area contributed by atoms with Gasteiger partial charge in [-0.25, -0.2) is 4.98 Å². The molecule has 2 heterocycles. The smallest absolute Gasteiger partial charge is 0.225 e. The van der Waals surface area contributed by atoms with E-state index in [1.54, 1.807) is 0 Å². The average Bonchev–Trinajstić information content (AvgIpc) is 3.48. The van der Waals surface area contributed by atoms with Gasteiger partial charge in [-0.1, -0.05) is 13.0 Å². The van der Waals surface area contributed by atoms with E-state index in [2.05, 4.69) is 33.1 Å². The number of pyridine rings is 1. The number of nitrogens with one attached hydrogen (secondary N) is 4. The second-order valence-electron chi connectivity index (χ2n) is 10.6. The highest BCUT2D eigenvalue weighted by molar-refractivity contribution is 6.10. The van der Waals surface area contributed by atoms with E-state index in [9.17, 15) is 9.59 Å². The first-order chi connectivity index (χ1) is 20.0. The molecule has 1 saturated heterocycles. The third-order valence-electron chi connectivity index (χ3n) is 7.31. The molecule has 1 aliphatic heterocycles. The molecule has 214 valence electrons. The number of fused-ring (bicyclic) bond motifs is 2. The SMILES string of the molecule is CCCNCCC(=O)Nc1ccc2c(Nc3cccc(N)c3)c3ccc(NC(=O)CCN4CCCC4)cc3nc2c1. The van der Waals surface area contributed by atoms with Gasteiger partial charge in [-0.3, -0.25) is 9.59 Å². The summed E-state index contributed by atoms with van der Waals surface area (Å²) in [7, 11) is 0. The van der Waals surface area contributed by atoms with Crippen LogP contribution in [0.5, 0.6) is 0 Å². The average molecular weight is 554 g/mol. The van der Waals surface area contributed by atoms with Gasteiger partial charge in [0.25, 0.3) is 0 Å². The molecule has 0 aliphatic carbocycles. The molecule has 1 fully saturated rings. The number of hydrogen-bond donors (Lipinski definition) is 5. The molecule has 0 unspecified atom stereocenters. The molecular weight excluding hydrogens is 514 g/mol. The number of nitrogens with zero attached hydrogens (tertiary/aromatic N) is 2. The predicted octanol–water partition coefficient (Wildman–Crippen LogP) is 5.47. The summed E-state index contributed by atoms with van der Waals surface area (Å²) in [5.74, 6) is -0.0562. The van der Waals surface area contributed by atoms with Crippen LogP contribution in [0.25, 0.3) is 21.8 Å². The van der Waals surface area contributed by atoms with Crippen LogP contribution >= 0.6 is 0 Å². The lowest BCUT2D eigenvalue weighted by Crippen LogP contribution is -2.25. The van der Waals surface area contributed by atoms with Gasteiger partial charge in [0.1, 0.15) is 0 Å². The highest BCUT2D eigenvalue weighted by Gasteiger charge is 2.15. The molecule has 9 nitrogen and oxygen atoms in total. The molecule has 6 N–H and O–H groups in total. The van der Waals surface area contributed by atoms with Gasteiger partial charge in [-0.05, 0) is 93.5 Å². The van der Waals surface area contributed by atoms with Crippen molar-refractivity contribution >= 4 is 62.1 Å². The largest absolute Gasteiger partial charge is 0.399 e. The van der Waals surface area contributed by atoms with Crippen molar-refractivity contribution in [3.05, 3.63) is 60.7 Å². The molecule has 0 saturated carbocycles. The second kappa shape index (κ2) is 13.4. The number of carbonyl (C=O) groups excluding carboxylic acids is 2. The maximum atomic E-state index is 12.7. The Bertz CT molecular complexity index is 1530. The second-order valence-corrected chi connectivity index (χ2v) is 10.6. The monoisotopic (exact) mass is 553 g/mol. The number of nitrogens with two attached hydrogens (primary N) is 1. The van der Waals surface area contributed by atoms with Gasteiger partial charge in [0.15, 0.2) is 0 Å². The molecule has 1 aliphatic rings. The molecule has 0 atom stereocenters. The Morgan fingerprint density at radius 3 is 2.12 bits per heavy atom. The Kier molecular flexibility index (Phi) is 9.28. The highest BCUT2D eigenvalue weighted by atomic mass is 16.2. The fourth-order valence-electron chi connectivity index (χ4n) is 5.21. The maximum absolute atomic E-state index is 12.7. The first-order valence-electron chi connectivity index (χ1n) is 14.5. The Hall–Kier alpha value is -4.21. The number of amides is 2. The van der Waals surface area contributed by atoms with Crippen molar-refractivity contribution in [1.82, 2.24) is 15.2 Å². The normalized spacial score (nSPS) is 13.5. The number of aromatic nitrogens is 1. The quantitative estimate of drug-likeness (QED) is 0.0896. The van der Waals surface area contributed by atoms with E-state index in [-0.39, 0.29) is 11.8 Å². The Morgan fingerprint density at radius 2 is 1.49 bits per heavy atom. The summed E-state index contributed by atoms with van der Waals surface area (Å²) in [5.41, 5.74) is 11.3. The number of hydrogen-bond acceptors (Lipinski definition) is 7. The van der Waals surface area contributed by atoms with Crippen LogP contribution in [-0.4, -0.2) is 54.4 Å². The summed E-state index contributed by atoms with van der Waals surface area (Å²) >= 11 is 0. The molecule has 0 bridgehead atoms. The van der Waals surface area contributed by atoms with Crippen LogP contribution < -0.4 is 27.0 Å². The number of carbonyl (C=O) groups is 2. The van der Waals surface area contributed by atoms with Crippen molar-refractivity contribution in [3.8, 4) is 0 Å². The molecule has 9 heteroatoms. The van der Waals surface area contributed by atoms with Gasteiger partial charge in [-0.2, -0.15) is 0 Å². The van der Waals surface area contributed by atoms with Gasteiger partial charge < -0.3 is 31.9 Å². The fraction of sp³-hybridized carbons (Fsp3) is 0.344. The Morgan fingerprint density at radius 1 is 0.829 bits per heavy atom. The summed E-state index contributed by atoms with van der Waals surface area (Å²) in [4.78, 5) is 32.5. The minimum Gasteiger partial charge on any atom is -0.399 e. The summed E-state index contributed by atoms with van der Waals surface area (Å²) in [6.45, 7) is 6.55. The minimum absolute atomic E-state index is 0.00595. The summed E-state index contributed by atoms with van der Waals surface area (Å²) in [6.07, 6.45) is 4.30. The minimum atomic E-state index is -0.0502. The lowest BCUT2D eigenvalue weighted by Gasteiger charge is -2.16. The number of benzene rings is 3. The van der Waals surface area contributed by atoms with E-state index in [0.29, 0.717) is 36.4 Å². The summed E-state index contributed by atoms with van der Waals surface area (Å²) in [5, 5.41) is 14.6. The molecule has 3 aromatic carbocycles. The lowest BCUT2D eigenvalue weighted by molar-refractivity contribution is -0.117. The van der Waals surface area contributed by atoms with Crippen molar-refractivity contribution < 1.29 is 9.59 Å². The summed E-state index contributed by atoms with van der Waals surface area (Å²) < 4.78 is 0.